The molecule has 0 aliphatic carbocycles. The first-order valence-electron chi connectivity index (χ1n) is 6.33. The van der Waals surface area contributed by atoms with Crippen LogP contribution >= 0.6 is 52.3 Å². The van der Waals surface area contributed by atoms with Gasteiger partial charge in [-0.1, -0.05) is 33.6 Å². The number of hydrogen-bond donors (Lipinski definition) is 1. The SMILES string of the molecule is Cl.Cl.FC(F)(F)C[C@@H](c1ccc(Cl)cc1Br)N1CCNCC1. The van der Waals surface area contributed by atoms with Crippen molar-refractivity contribution in [1.82, 2.24) is 10.2 Å². The molecule has 1 heterocycles. The Labute approximate surface area is 153 Å². The van der Waals surface area contributed by atoms with Crippen LogP contribution in [0.15, 0.2) is 22.7 Å². The van der Waals surface area contributed by atoms with Crippen molar-refractivity contribution < 1.29 is 13.2 Å². The molecule has 22 heavy (non-hydrogen) atoms. The summed E-state index contributed by atoms with van der Waals surface area (Å²) in [5, 5.41) is 3.66. The zero-order valence-electron chi connectivity index (χ0n) is 11.5. The molecular weight excluding hydrogens is 427 g/mol. The Morgan fingerprint density at radius 1 is 1.23 bits per heavy atom. The van der Waals surface area contributed by atoms with Gasteiger partial charge in [-0.3, -0.25) is 4.90 Å². The molecule has 0 radical (unpaired) electrons. The van der Waals surface area contributed by atoms with Gasteiger partial charge in [0.25, 0.3) is 0 Å². The molecule has 2 nitrogen and oxygen atoms in total. The van der Waals surface area contributed by atoms with Crippen LogP contribution in [0, 0.1) is 0 Å². The highest BCUT2D eigenvalue weighted by Gasteiger charge is 2.36. The van der Waals surface area contributed by atoms with Gasteiger partial charge in [-0.25, -0.2) is 0 Å². The number of rotatable bonds is 3. The molecule has 1 aromatic carbocycles. The Hall–Kier alpha value is 0.280. The van der Waals surface area contributed by atoms with Crippen molar-refractivity contribution in [3.8, 4) is 0 Å². The van der Waals surface area contributed by atoms with Gasteiger partial charge < -0.3 is 5.32 Å². The first-order valence-corrected chi connectivity index (χ1v) is 7.50. The number of benzene rings is 1. The van der Waals surface area contributed by atoms with E-state index in [1.807, 2.05) is 4.90 Å². The molecule has 128 valence electrons. The third-order valence-corrected chi connectivity index (χ3v) is 4.26. The lowest BCUT2D eigenvalue weighted by Gasteiger charge is -2.36. The molecule has 0 amide bonds. The van der Waals surface area contributed by atoms with E-state index in [4.69, 9.17) is 11.6 Å². The van der Waals surface area contributed by atoms with Crippen LogP contribution in [-0.4, -0.2) is 37.3 Å². The van der Waals surface area contributed by atoms with E-state index in [0.717, 1.165) is 0 Å². The van der Waals surface area contributed by atoms with Crippen LogP contribution in [-0.2, 0) is 0 Å². The van der Waals surface area contributed by atoms with Crippen LogP contribution in [0.1, 0.15) is 18.0 Å². The van der Waals surface area contributed by atoms with Gasteiger partial charge in [-0.05, 0) is 17.7 Å². The third kappa shape index (κ3) is 6.42. The van der Waals surface area contributed by atoms with Crippen molar-refractivity contribution in [1.29, 1.82) is 0 Å². The average Bonchev–Trinajstić information content (AvgIpc) is 2.36. The van der Waals surface area contributed by atoms with Gasteiger partial charge in [-0.15, -0.1) is 24.8 Å². The van der Waals surface area contributed by atoms with Crippen LogP contribution < -0.4 is 5.32 Å². The molecule has 0 spiro atoms. The van der Waals surface area contributed by atoms with Crippen molar-refractivity contribution in [2.24, 2.45) is 0 Å². The highest BCUT2D eigenvalue weighted by molar-refractivity contribution is 9.10. The van der Waals surface area contributed by atoms with E-state index in [0.29, 0.717) is 41.2 Å². The predicted molar refractivity (Wildman–Crippen MR) is 91.5 cm³/mol. The molecule has 1 fully saturated rings. The van der Waals surface area contributed by atoms with Gasteiger partial charge in [0, 0.05) is 41.7 Å². The summed E-state index contributed by atoms with van der Waals surface area (Å²) in [4.78, 5) is 1.87. The maximum Gasteiger partial charge on any atom is 0.390 e. The second-order valence-corrected chi connectivity index (χ2v) is 6.08. The summed E-state index contributed by atoms with van der Waals surface area (Å²) in [5.41, 5.74) is 0.633. The Kier molecular flexibility index (Phi) is 9.67. The van der Waals surface area contributed by atoms with Crippen LogP contribution in [0.4, 0.5) is 13.2 Å². The topological polar surface area (TPSA) is 15.3 Å². The minimum Gasteiger partial charge on any atom is -0.314 e. The smallest absolute Gasteiger partial charge is 0.314 e. The zero-order chi connectivity index (χ0) is 14.8. The Bertz CT molecular complexity index is 468. The first kappa shape index (κ1) is 22.3. The summed E-state index contributed by atoms with van der Waals surface area (Å²) in [7, 11) is 0. The molecule has 2 rings (SSSR count). The molecule has 1 N–H and O–H groups in total. The highest BCUT2D eigenvalue weighted by Crippen LogP contribution is 2.37. The van der Waals surface area contributed by atoms with Crippen LogP contribution in [0.3, 0.4) is 0 Å². The van der Waals surface area contributed by atoms with Gasteiger partial charge in [0.2, 0.25) is 0 Å². The molecule has 1 saturated heterocycles. The van der Waals surface area contributed by atoms with E-state index in [2.05, 4.69) is 21.2 Å². The summed E-state index contributed by atoms with van der Waals surface area (Å²) < 4.78 is 39.2. The van der Waals surface area contributed by atoms with Crippen molar-refractivity contribution in [2.45, 2.75) is 18.6 Å². The van der Waals surface area contributed by atoms with E-state index < -0.39 is 18.6 Å². The molecule has 1 aliphatic heterocycles. The monoisotopic (exact) mass is 442 g/mol. The van der Waals surface area contributed by atoms with Crippen molar-refractivity contribution in [3.63, 3.8) is 0 Å². The van der Waals surface area contributed by atoms with E-state index in [9.17, 15) is 13.2 Å². The van der Waals surface area contributed by atoms with Crippen molar-refractivity contribution in [3.05, 3.63) is 33.3 Å². The zero-order valence-corrected chi connectivity index (χ0v) is 15.5. The Balaban J connectivity index is 0.00000220. The summed E-state index contributed by atoms with van der Waals surface area (Å²) >= 11 is 9.19. The first-order chi connectivity index (χ1) is 9.37. The van der Waals surface area contributed by atoms with Crippen LogP contribution in [0.25, 0.3) is 0 Å². The lowest BCUT2D eigenvalue weighted by atomic mass is 10.0. The summed E-state index contributed by atoms with van der Waals surface area (Å²) in [6, 6.07) is 4.27. The quantitative estimate of drug-likeness (QED) is 0.718. The molecule has 0 unspecified atom stereocenters. The standard InChI is InChI=1S/C13H15BrClF3N2.2ClH/c14-11-7-9(15)1-2-10(11)12(8-13(16,17)18)20-5-3-19-4-6-20;;/h1-2,7,12,19H,3-6,8H2;2*1H/t12-;;/m0../s1. The predicted octanol–water partition coefficient (Wildman–Crippen LogP) is 4.84. The van der Waals surface area contributed by atoms with Crippen molar-refractivity contribution in [2.75, 3.05) is 26.2 Å². The van der Waals surface area contributed by atoms with Gasteiger partial charge in [0.15, 0.2) is 0 Å². The minimum absolute atomic E-state index is 0. The molecule has 1 atom stereocenters. The van der Waals surface area contributed by atoms with E-state index in [1.54, 1.807) is 18.2 Å². The van der Waals surface area contributed by atoms with Gasteiger partial charge in [0.1, 0.15) is 0 Å². The number of hydrogen-bond acceptors (Lipinski definition) is 2. The van der Waals surface area contributed by atoms with E-state index in [-0.39, 0.29) is 24.8 Å². The number of nitrogens with one attached hydrogen (secondary N) is 1. The summed E-state index contributed by atoms with van der Waals surface area (Å²) in [6.45, 7) is 2.63. The maximum absolute atomic E-state index is 12.9. The Morgan fingerprint density at radius 3 is 2.32 bits per heavy atom. The molecule has 0 aromatic heterocycles. The molecule has 1 aliphatic rings. The number of nitrogens with zero attached hydrogens (tertiary/aromatic N) is 1. The largest absolute Gasteiger partial charge is 0.390 e. The molecule has 0 saturated carbocycles. The normalized spacial score (nSPS) is 17.3. The average molecular weight is 445 g/mol. The highest BCUT2D eigenvalue weighted by atomic mass is 79.9. The summed E-state index contributed by atoms with van der Waals surface area (Å²) in [6.07, 6.45) is -5.05. The number of alkyl halides is 3. The Morgan fingerprint density at radius 2 is 1.82 bits per heavy atom. The fourth-order valence-electron chi connectivity index (χ4n) is 2.42. The van der Waals surface area contributed by atoms with Gasteiger partial charge >= 0.3 is 6.18 Å². The number of halogens is 7. The second kappa shape index (κ2) is 9.55. The molecule has 9 heteroatoms. The third-order valence-electron chi connectivity index (χ3n) is 3.34. The lowest BCUT2D eigenvalue weighted by molar-refractivity contribution is -0.148. The minimum atomic E-state index is -4.20. The maximum atomic E-state index is 12.9. The molecular formula is C13H17BrCl3F3N2. The van der Waals surface area contributed by atoms with Gasteiger partial charge in [-0.2, -0.15) is 13.2 Å². The molecule has 1 aromatic rings. The van der Waals surface area contributed by atoms with Crippen LogP contribution in [0.5, 0.6) is 0 Å². The van der Waals surface area contributed by atoms with Crippen molar-refractivity contribution >= 4 is 52.3 Å². The van der Waals surface area contributed by atoms with Gasteiger partial charge in [0.05, 0.1) is 6.42 Å². The lowest BCUT2D eigenvalue weighted by Crippen LogP contribution is -2.46. The number of piperazine rings is 1. The van der Waals surface area contributed by atoms with Crippen LogP contribution in [0.2, 0.25) is 5.02 Å². The fraction of sp³-hybridized carbons (Fsp3) is 0.538. The summed E-state index contributed by atoms with van der Waals surface area (Å²) in [5.74, 6) is 0. The van der Waals surface area contributed by atoms with E-state index >= 15 is 0 Å². The fourth-order valence-corrected chi connectivity index (χ4v) is 3.37. The van der Waals surface area contributed by atoms with E-state index in [1.165, 1.54) is 0 Å². The second-order valence-electron chi connectivity index (χ2n) is 4.79. The molecule has 0 bridgehead atoms.